The van der Waals surface area contributed by atoms with Crippen molar-refractivity contribution in [2.45, 2.75) is 25.4 Å². The molecule has 0 radical (unpaired) electrons. The molecule has 0 atom stereocenters. The van der Waals surface area contributed by atoms with Gasteiger partial charge in [-0.3, -0.25) is 9.69 Å². The summed E-state index contributed by atoms with van der Waals surface area (Å²) in [5, 5.41) is 3.45. The Morgan fingerprint density at radius 3 is 2.56 bits per heavy atom. The van der Waals surface area contributed by atoms with Crippen molar-refractivity contribution >= 4 is 35.6 Å². The van der Waals surface area contributed by atoms with Crippen molar-refractivity contribution in [1.82, 2.24) is 10.2 Å². The molecule has 7 heteroatoms. The smallest absolute Gasteiger partial charge is 0.255 e. The van der Waals surface area contributed by atoms with Crippen LogP contribution in [0.15, 0.2) is 42.5 Å². The Bertz CT molecular complexity index is 763. The van der Waals surface area contributed by atoms with Gasteiger partial charge < -0.3 is 15.8 Å². The lowest BCUT2D eigenvalue weighted by Gasteiger charge is -2.32. The van der Waals surface area contributed by atoms with E-state index in [2.05, 4.69) is 34.5 Å². The van der Waals surface area contributed by atoms with Crippen LogP contribution < -0.4 is 15.8 Å². The highest BCUT2D eigenvalue weighted by Gasteiger charge is 2.23. The maximum absolute atomic E-state index is 12.6. The van der Waals surface area contributed by atoms with Gasteiger partial charge in [-0.25, -0.2) is 0 Å². The normalized spacial score (nSPS) is 15.0. The van der Waals surface area contributed by atoms with Gasteiger partial charge in [0.25, 0.3) is 5.91 Å². The summed E-state index contributed by atoms with van der Waals surface area (Å²) in [5.41, 5.74) is 7.91. The zero-order chi connectivity index (χ0) is 18.5. The predicted molar refractivity (Wildman–Crippen MR) is 112 cm³/mol. The first kappa shape index (κ1) is 21.4. The number of carbonyl (C=O) groups is 1. The second kappa shape index (κ2) is 9.83. The number of benzene rings is 2. The van der Waals surface area contributed by atoms with Crippen LogP contribution in [0.4, 0.5) is 5.69 Å². The Kier molecular flexibility index (Phi) is 7.78. The second-order valence-electron chi connectivity index (χ2n) is 6.58. The Labute approximate surface area is 171 Å². The molecule has 1 aliphatic rings. The second-order valence-corrected chi connectivity index (χ2v) is 6.99. The van der Waals surface area contributed by atoms with Crippen LogP contribution in [0.5, 0.6) is 5.75 Å². The van der Waals surface area contributed by atoms with E-state index in [1.54, 1.807) is 12.1 Å². The number of nitrogens with zero attached hydrogens (tertiary/aromatic N) is 1. The number of amides is 1. The molecule has 0 spiro atoms. The van der Waals surface area contributed by atoms with Crippen molar-refractivity contribution in [2.75, 3.05) is 25.9 Å². The summed E-state index contributed by atoms with van der Waals surface area (Å²) in [7, 11) is 1.52. The summed E-state index contributed by atoms with van der Waals surface area (Å²) in [5.74, 6) is 0.260. The molecular formula is C20H25Cl2N3O2. The van der Waals surface area contributed by atoms with Crippen molar-refractivity contribution in [3.05, 3.63) is 58.6 Å². The SMILES string of the molecule is COc1cc(N)c(Cl)cc1C(=O)NC1CCN(Cc2ccccc2)CC1.Cl. The maximum Gasteiger partial charge on any atom is 0.255 e. The number of nitrogens with two attached hydrogens (primary N) is 1. The summed E-state index contributed by atoms with van der Waals surface area (Å²) >= 11 is 6.06. The molecule has 2 aromatic rings. The van der Waals surface area contributed by atoms with Crippen LogP contribution in [0.3, 0.4) is 0 Å². The summed E-state index contributed by atoms with van der Waals surface area (Å²) in [6.07, 6.45) is 1.84. The van der Waals surface area contributed by atoms with Gasteiger partial charge in [-0.15, -0.1) is 12.4 Å². The van der Waals surface area contributed by atoms with Gasteiger partial charge >= 0.3 is 0 Å². The molecule has 3 rings (SSSR count). The fourth-order valence-electron chi connectivity index (χ4n) is 3.26. The number of likely N-dealkylation sites (tertiary alicyclic amines) is 1. The van der Waals surface area contributed by atoms with E-state index in [4.69, 9.17) is 22.1 Å². The van der Waals surface area contributed by atoms with Gasteiger partial charge in [0.1, 0.15) is 5.75 Å². The van der Waals surface area contributed by atoms with E-state index in [1.807, 2.05) is 6.07 Å². The largest absolute Gasteiger partial charge is 0.496 e. The van der Waals surface area contributed by atoms with Crippen LogP contribution in [0, 0.1) is 0 Å². The average molecular weight is 410 g/mol. The minimum absolute atomic E-state index is 0. The monoisotopic (exact) mass is 409 g/mol. The van der Waals surface area contributed by atoms with E-state index in [0.29, 0.717) is 22.0 Å². The highest BCUT2D eigenvalue weighted by Crippen LogP contribution is 2.29. The average Bonchev–Trinajstić information content (AvgIpc) is 2.66. The quantitative estimate of drug-likeness (QED) is 0.737. The van der Waals surface area contributed by atoms with Crippen molar-refractivity contribution in [3.63, 3.8) is 0 Å². The van der Waals surface area contributed by atoms with Crippen molar-refractivity contribution in [3.8, 4) is 5.75 Å². The number of piperidine rings is 1. The van der Waals surface area contributed by atoms with E-state index in [1.165, 1.54) is 12.7 Å². The Morgan fingerprint density at radius 2 is 1.93 bits per heavy atom. The number of carbonyl (C=O) groups excluding carboxylic acids is 1. The van der Waals surface area contributed by atoms with Crippen molar-refractivity contribution < 1.29 is 9.53 Å². The summed E-state index contributed by atoms with van der Waals surface area (Å²) in [4.78, 5) is 15.0. The van der Waals surface area contributed by atoms with Crippen LogP contribution in [-0.2, 0) is 6.54 Å². The zero-order valence-electron chi connectivity index (χ0n) is 15.3. The van der Waals surface area contributed by atoms with Gasteiger partial charge in [-0.1, -0.05) is 41.9 Å². The predicted octanol–water partition coefficient (Wildman–Crippen LogP) is 3.75. The Balaban J connectivity index is 0.00000261. The van der Waals surface area contributed by atoms with E-state index >= 15 is 0 Å². The minimum Gasteiger partial charge on any atom is -0.496 e. The molecule has 3 N–H and O–H groups in total. The van der Waals surface area contributed by atoms with Gasteiger partial charge in [0.15, 0.2) is 0 Å². The number of hydrogen-bond acceptors (Lipinski definition) is 4. The number of ether oxygens (including phenoxy) is 1. The molecule has 0 unspecified atom stereocenters. The third-order valence-corrected chi connectivity index (χ3v) is 5.06. The van der Waals surface area contributed by atoms with E-state index < -0.39 is 0 Å². The molecule has 1 fully saturated rings. The van der Waals surface area contributed by atoms with Gasteiger partial charge in [0.2, 0.25) is 0 Å². The van der Waals surface area contributed by atoms with Crippen LogP contribution in [0.25, 0.3) is 0 Å². The van der Waals surface area contributed by atoms with E-state index in [9.17, 15) is 4.79 Å². The van der Waals surface area contributed by atoms with E-state index in [-0.39, 0.29) is 24.4 Å². The molecule has 1 amide bonds. The molecule has 0 bridgehead atoms. The third kappa shape index (κ3) is 5.51. The molecule has 146 valence electrons. The lowest BCUT2D eigenvalue weighted by atomic mass is 10.0. The number of rotatable bonds is 5. The molecular weight excluding hydrogens is 385 g/mol. The van der Waals surface area contributed by atoms with Crippen molar-refractivity contribution in [1.29, 1.82) is 0 Å². The third-order valence-electron chi connectivity index (χ3n) is 4.74. The van der Waals surface area contributed by atoms with Gasteiger partial charge in [0.05, 0.1) is 23.4 Å². The molecule has 0 saturated carbocycles. The minimum atomic E-state index is -0.176. The number of halogens is 2. The van der Waals surface area contributed by atoms with Gasteiger partial charge in [0, 0.05) is 31.7 Å². The number of anilines is 1. The van der Waals surface area contributed by atoms with Crippen LogP contribution in [0.1, 0.15) is 28.8 Å². The van der Waals surface area contributed by atoms with Crippen LogP contribution >= 0.6 is 24.0 Å². The number of nitrogen functional groups attached to an aromatic ring is 1. The first-order valence-electron chi connectivity index (χ1n) is 8.77. The first-order valence-corrected chi connectivity index (χ1v) is 9.14. The Morgan fingerprint density at radius 1 is 1.26 bits per heavy atom. The van der Waals surface area contributed by atoms with Crippen LogP contribution in [0.2, 0.25) is 5.02 Å². The summed E-state index contributed by atoms with van der Waals surface area (Å²) in [6, 6.07) is 13.7. The van der Waals surface area contributed by atoms with Crippen molar-refractivity contribution in [2.24, 2.45) is 0 Å². The molecule has 2 aromatic carbocycles. The molecule has 1 saturated heterocycles. The highest BCUT2D eigenvalue weighted by atomic mass is 35.5. The topological polar surface area (TPSA) is 67.6 Å². The summed E-state index contributed by atoms with van der Waals surface area (Å²) < 4.78 is 5.27. The molecule has 5 nitrogen and oxygen atoms in total. The molecule has 0 aromatic heterocycles. The van der Waals surface area contributed by atoms with Gasteiger partial charge in [-0.2, -0.15) is 0 Å². The number of hydrogen-bond donors (Lipinski definition) is 2. The van der Waals surface area contributed by atoms with Gasteiger partial charge in [-0.05, 0) is 24.5 Å². The molecule has 0 aliphatic carbocycles. The maximum atomic E-state index is 12.6. The highest BCUT2D eigenvalue weighted by molar-refractivity contribution is 6.33. The lowest BCUT2D eigenvalue weighted by Crippen LogP contribution is -2.44. The molecule has 1 aliphatic heterocycles. The first-order chi connectivity index (χ1) is 12.6. The van der Waals surface area contributed by atoms with Crippen LogP contribution in [-0.4, -0.2) is 37.0 Å². The lowest BCUT2D eigenvalue weighted by molar-refractivity contribution is 0.0906. The fraction of sp³-hybridized carbons (Fsp3) is 0.350. The van der Waals surface area contributed by atoms with E-state index in [0.717, 1.165) is 32.5 Å². The fourth-order valence-corrected chi connectivity index (χ4v) is 3.42. The molecule has 27 heavy (non-hydrogen) atoms. The molecule has 1 heterocycles. The Hall–Kier alpha value is -1.95. The zero-order valence-corrected chi connectivity index (χ0v) is 16.9. The number of methoxy groups -OCH3 is 1. The number of nitrogens with one attached hydrogen (secondary N) is 1. The summed E-state index contributed by atoms with van der Waals surface area (Å²) in [6.45, 7) is 2.86. The standard InChI is InChI=1S/C20H24ClN3O2.ClH/c1-26-19-12-18(22)17(21)11-16(19)20(25)23-15-7-9-24(10-8-15)13-14-5-3-2-4-6-14;/h2-6,11-12,15H,7-10,13,22H2,1H3,(H,23,25);1H.